The average molecular weight is 704 g/mol. The predicted octanol–water partition coefficient (Wildman–Crippen LogP) is 3.08. The fourth-order valence-electron chi connectivity index (χ4n) is 4.66. The molecule has 1 heterocycles. The van der Waals surface area contributed by atoms with E-state index in [9.17, 15) is 27.0 Å². The fraction of sp³-hybridized carbons (Fsp3) is 0.290. The highest BCUT2D eigenvalue weighted by Crippen LogP contribution is 2.31. The van der Waals surface area contributed by atoms with Crippen molar-refractivity contribution in [1.82, 2.24) is 14.9 Å². The lowest BCUT2D eigenvalue weighted by Gasteiger charge is -2.15. The van der Waals surface area contributed by atoms with Gasteiger partial charge in [0.25, 0.3) is 15.6 Å². The van der Waals surface area contributed by atoms with Crippen LogP contribution >= 0.6 is 0 Å². The molecule has 0 radical (unpaired) electrons. The zero-order valence-corrected chi connectivity index (χ0v) is 28.0. The minimum absolute atomic E-state index is 0.00456. The van der Waals surface area contributed by atoms with E-state index in [1.807, 2.05) is 13.8 Å². The van der Waals surface area contributed by atoms with E-state index < -0.39 is 39.5 Å². The molecule has 0 fully saturated rings. The van der Waals surface area contributed by atoms with Crippen LogP contribution in [-0.4, -0.2) is 66.5 Å². The Balaban J connectivity index is 1.27. The molecular weight excluding hydrogens is 670 g/mol. The van der Waals surface area contributed by atoms with Crippen molar-refractivity contribution in [2.45, 2.75) is 37.3 Å². The molecule has 4 aromatic rings. The topological polar surface area (TPSA) is 210 Å². The van der Waals surface area contributed by atoms with Crippen LogP contribution in [0.2, 0.25) is 0 Å². The largest absolute Gasteiger partial charge is 0.497 e. The Hall–Kier alpha value is -4.84. The number of rotatable bonds is 15. The maximum absolute atomic E-state index is 12.9. The molecule has 0 saturated heterocycles. The van der Waals surface area contributed by atoms with Crippen LogP contribution in [0.4, 0.5) is 0 Å². The highest BCUT2D eigenvalue weighted by Gasteiger charge is 2.19. The van der Waals surface area contributed by atoms with E-state index in [1.165, 1.54) is 38.5 Å². The molecule has 0 saturated carbocycles. The lowest BCUT2D eigenvalue weighted by molar-refractivity contribution is -0.152. The average Bonchev–Trinajstić information content (AvgIpc) is 3.04. The molecule has 15 nitrogen and oxygen atoms in total. The first-order chi connectivity index (χ1) is 22.8. The third kappa shape index (κ3) is 9.15. The van der Waals surface area contributed by atoms with Crippen molar-refractivity contribution in [3.05, 3.63) is 75.6 Å². The van der Waals surface area contributed by atoms with Crippen LogP contribution in [0.1, 0.15) is 29.5 Å². The molecule has 1 atom stereocenters. The summed E-state index contributed by atoms with van der Waals surface area (Å²) < 4.78 is 66.3. The maximum Gasteiger partial charge on any atom is 0.326 e. The number of hydrogen-bond donors (Lipinski definition) is 3. The Labute approximate surface area is 277 Å². The number of fused-ring (bicyclic) bond motifs is 1. The number of hydrogen-bond acceptors (Lipinski definition) is 12. The number of carbonyl (C=O) groups is 2. The monoisotopic (exact) mass is 703 g/mol. The van der Waals surface area contributed by atoms with E-state index in [2.05, 4.69) is 14.8 Å². The third-order valence-corrected chi connectivity index (χ3v) is 8.58. The molecule has 256 valence electrons. The van der Waals surface area contributed by atoms with Gasteiger partial charge in [-0.1, -0.05) is 12.1 Å². The number of ether oxygens (including phenoxy) is 4. The van der Waals surface area contributed by atoms with Gasteiger partial charge in [-0.15, -0.1) is 0 Å². The quantitative estimate of drug-likeness (QED) is 0.0705. The Bertz CT molecular complexity index is 2010. The SMILES string of the molecule is COc1cc(OC)c2c(=O)[nH]c(-c3cc(C)c(OCCOC(=O)CCC(=O)ONS(=O)(=O)c4cccc(CS(=O)O)c4)c(C)c3)nc2c1. The summed E-state index contributed by atoms with van der Waals surface area (Å²) in [6, 6.07) is 12.1. The van der Waals surface area contributed by atoms with E-state index in [1.54, 1.807) is 29.2 Å². The molecule has 48 heavy (non-hydrogen) atoms. The van der Waals surface area contributed by atoms with Crippen LogP contribution in [-0.2, 0) is 46.0 Å². The maximum atomic E-state index is 12.9. The summed E-state index contributed by atoms with van der Waals surface area (Å²) in [5.41, 5.74) is 2.44. The predicted molar refractivity (Wildman–Crippen MR) is 173 cm³/mol. The van der Waals surface area contributed by atoms with Gasteiger partial charge < -0.3 is 33.3 Å². The summed E-state index contributed by atoms with van der Waals surface area (Å²) in [6.45, 7) is 3.51. The molecule has 0 amide bonds. The van der Waals surface area contributed by atoms with E-state index in [0.29, 0.717) is 45.1 Å². The zero-order chi connectivity index (χ0) is 35.0. The van der Waals surface area contributed by atoms with Gasteiger partial charge in [0.2, 0.25) is 0 Å². The van der Waals surface area contributed by atoms with Gasteiger partial charge in [-0.3, -0.25) is 14.4 Å². The summed E-state index contributed by atoms with van der Waals surface area (Å²) in [7, 11) is -1.31. The normalized spacial score (nSPS) is 11.9. The van der Waals surface area contributed by atoms with E-state index in [-0.39, 0.29) is 35.8 Å². The molecule has 1 aromatic heterocycles. The fourth-order valence-corrected chi connectivity index (χ4v) is 5.99. The number of esters is 1. The summed E-state index contributed by atoms with van der Waals surface area (Å²) in [5.74, 6) is -0.314. The molecular formula is C31H33N3O12S2. The number of H-pyrrole nitrogens is 1. The summed E-state index contributed by atoms with van der Waals surface area (Å²) >= 11 is -2.17. The minimum atomic E-state index is -4.27. The molecule has 4 rings (SSSR count). The number of aromatic amines is 1. The first-order valence-corrected chi connectivity index (χ1v) is 17.0. The number of nitrogens with one attached hydrogen (secondary N) is 2. The molecule has 0 spiro atoms. The second-order valence-corrected chi connectivity index (χ2v) is 12.9. The molecule has 17 heteroatoms. The Morgan fingerprint density at radius 2 is 1.69 bits per heavy atom. The van der Waals surface area contributed by atoms with Crippen molar-refractivity contribution in [3.8, 4) is 28.6 Å². The number of carbonyl (C=O) groups excluding carboxylic acids is 2. The number of aromatic nitrogens is 2. The van der Waals surface area contributed by atoms with Gasteiger partial charge in [0.05, 0.1) is 43.2 Å². The van der Waals surface area contributed by atoms with Gasteiger partial charge in [-0.25, -0.2) is 17.6 Å². The minimum Gasteiger partial charge on any atom is -0.497 e. The van der Waals surface area contributed by atoms with Crippen LogP contribution in [0.5, 0.6) is 17.2 Å². The van der Waals surface area contributed by atoms with Gasteiger partial charge in [0.15, 0.2) is 11.1 Å². The second-order valence-electron chi connectivity index (χ2n) is 10.3. The lowest BCUT2D eigenvalue weighted by atomic mass is 10.0. The third-order valence-electron chi connectivity index (χ3n) is 6.83. The Morgan fingerprint density at radius 3 is 2.35 bits per heavy atom. The summed E-state index contributed by atoms with van der Waals surface area (Å²) in [4.78, 5) is 50.4. The van der Waals surface area contributed by atoms with E-state index in [4.69, 9.17) is 23.5 Å². The van der Waals surface area contributed by atoms with Gasteiger partial charge in [0.1, 0.15) is 41.7 Å². The number of benzene rings is 3. The highest BCUT2D eigenvalue weighted by molar-refractivity contribution is 7.89. The van der Waals surface area contributed by atoms with Gasteiger partial charge in [-0.05, 0) is 59.7 Å². The van der Waals surface area contributed by atoms with Crippen molar-refractivity contribution < 1.29 is 50.6 Å². The number of methoxy groups -OCH3 is 2. The zero-order valence-electron chi connectivity index (χ0n) is 26.4. The first-order valence-electron chi connectivity index (χ1n) is 14.2. The number of aryl methyl sites for hydroxylation is 2. The number of sulfonamides is 1. The van der Waals surface area contributed by atoms with Crippen molar-refractivity contribution in [2.24, 2.45) is 0 Å². The van der Waals surface area contributed by atoms with Gasteiger partial charge >= 0.3 is 11.9 Å². The highest BCUT2D eigenvalue weighted by atomic mass is 32.2. The molecule has 0 aliphatic rings. The molecule has 0 aliphatic carbocycles. The van der Waals surface area contributed by atoms with Crippen LogP contribution in [0.3, 0.4) is 0 Å². The molecule has 0 bridgehead atoms. The molecule has 3 N–H and O–H groups in total. The van der Waals surface area contributed by atoms with Crippen molar-refractivity contribution in [1.29, 1.82) is 0 Å². The van der Waals surface area contributed by atoms with Gasteiger partial charge in [0, 0.05) is 17.7 Å². The van der Waals surface area contributed by atoms with Crippen LogP contribution in [0.25, 0.3) is 22.3 Å². The molecule has 3 aromatic carbocycles. The lowest BCUT2D eigenvalue weighted by Crippen LogP contribution is -2.27. The molecule has 0 aliphatic heterocycles. The van der Waals surface area contributed by atoms with Crippen molar-refractivity contribution >= 4 is 43.9 Å². The number of nitrogens with zero attached hydrogens (tertiary/aromatic N) is 1. The van der Waals surface area contributed by atoms with Crippen LogP contribution in [0.15, 0.2) is 58.2 Å². The summed E-state index contributed by atoms with van der Waals surface area (Å²) in [6.07, 6.45) is -0.838. The first kappa shape index (κ1) is 36.0. The molecule has 1 unspecified atom stereocenters. The summed E-state index contributed by atoms with van der Waals surface area (Å²) in [5, 5.41) is 0.296. The van der Waals surface area contributed by atoms with E-state index in [0.717, 1.165) is 11.1 Å². The van der Waals surface area contributed by atoms with Crippen LogP contribution in [0, 0.1) is 13.8 Å². The smallest absolute Gasteiger partial charge is 0.326 e. The van der Waals surface area contributed by atoms with E-state index >= 15 is 0 Å². The Kier molecular flexibility index (Phi) is 11.9. The second kappa shape index (κ2) is 15.8. The van der Waals surface area contributed by atoms with Crippen molar-refractivity contribution in [3.63, 3.8) is 0 Å². The van der Waals surface area contributed by atoms with Crippen LogP contribution < -0.4 is 24.7 Å². The van der Waals surface area contributed by atoms with Crippen molar-refractivity contribution in [2.75, 3.05) is 27.4 Å². The van der Waals surface area contributed by atoms with Gasteiger partial charge in [-0.2, -0.15) is 0 Å². The standard InChI is InChI=1S/C31H33N3O12S2/c1-18-12-21(30-32-24-15-22(42-3)16-25(43-4)28(24)31(37)33-30)13-19(2)29(18)45-11-10-44-26(35)8-9-27(36)46-34-48(40,41)23-7-5-6-20(14-23)17-47(38)39/h5-7,12-16,34H,8-11,17H2,1-4H3,(H,38,39)(H,32,33,37). The Morgan fingerprint density at radius 1 is 0.979 bits per heavy atom.